The molecule has 0 bridgehead atoms. The molecule has 0 spiro atoms. The number of likely N-dealkylation sites (tertiary alicyclic amines) is 1. The maximum Gasteiger partial charge on any atom is 0.434 e. The molecule has 2 amide bonds. The molecule has 1 aliphatic rings. The number of aromatic nitrogens is 3. The summed E-state index contributed by atoms with van der Waals surface area (Å²) in [6.07, 6.45) is -0.654. The van der Waals surface area contributed by atoms with E-state index >= 15 is 0 Å². The minimum Gasteiger partial charge on any atom is -0.496 e. The quantitative estimate of drug-likeness (QED) is 0.227. The van der Waals surface area contributed by atoms with Gasteiger partial charge >= 0.3 is 18.2 Å². The molecule has 10 nitrogen and oxygen atoms in total. The predicted molar refractivity (Wildman–Crippen MR) is 151 cm³/mol. The standard InChI is InChI=1S/C28H32F3N5O5S/c1-5-6-7-8-12-35(3)27(39)36-13-11-17(14-19(36)26(37)38)41-24-18-9-10-20(40-4)16(2)22(18)33-23(34-24)25-32-21(15-42-25)28(29,30)31/h5,9-10,15,17,19H,1,6-8,11-14H2,2-4H3,(H,37,38)/t17-,19-/m0/s1. The van der Waals surface area contributed by atoms with Gasteiger partial charge in [-0.1, -0.05) is 6.08 Å². The first-order valence-corrected chi connectivity index (χ1v) is 14.2. The number of unbranched alkanes of at least 4 members (excludes halogenated alkanes) is 2. The van der Waals surface area contributed by atoms with Crippen molar-refractivity contribution in [3.8, 4) is 22.5 Å². The highest BCUT2D eigenvalue weighted by molar-refractivity contribution is 7.13. The van der Waals surface area contributed by atoms with Crippen molar-refractivity contribution >= 4 is 34.2 Å². The Morgan fingerprint density at radius 3 is 2.67 bits per heavy atom. The van der Waals surface area contributed by atoms with Crippen LogP contribution in [0.5, 0.6) is 11.6 Å². The van der Waals surface area contributed by atoms with E-state index in [4.69, 9.17) is 9.47 Å². The summed E-state index contributed by atoms with van der Waals surface area (Å²) in [5, 5.41) is 11.3. The summed E-state index contributed by atoms with van der Waals surface area (Å²) in [5.74, 6) is -0.625. The van der Waals surface area contributed by atoms with Crippen molar-refractivity contribution in [2.45, 2.75) is 57.3 Å². The maximum absolute atomic E-state index is 13.2. The molecule has 2 aromatic heterocycles. The molecule has 14 heteroatoms. The Morgan fingerprint density at radius 1 is 1.26 bits per heavy atom. The number of amides is 2. The zero-order valence-electron chi connectivity index (χ0n) is 23.5. The van der Waals surface area contributed by atoms with Crippen LogP contribution in [0.3, 0.4) is 0 Å². The molecule has 42 heavy (non-hydrogen) atoms. The third-order valence-electron chi connectivity index (χ3n) is 7.08. The van der Waals surface area contributed by atoms with Crippen LogP contribution in [0.15, 0.2) is 30.2 Å². The molecule has 0 saturated carbocycles. The van der Waals surface area contributed by atoms with Gasteiger partial charge in [0.2, 0.25) is 5.88 Å². The number of fused-ring (bicyclic) bond motifs is 1. The van der Waals surface area contributed by atoms with Crippen LogP contribution < -0.4 is 9.47 Å². The number of carbonyl (C=O) groups excluding carboxylic acids is 1. The van der Waals surface area contributed by atoms with Crippen molar-refractivity contribution in [3.63, 3.8) is 0 Å². The molecular weight excluding hydrogens is 575 g/mol. The van der Waals surface area contributed by atoms with E-state index in [9.17, 15) is 27.9 Å². The topological polar surface area (TPSA) is 118 Å². The SMILES string of the molecule is C=CCCCCN(C)C(=O)N1CC[C@H](Oc2nc(-c3nc(C(F)(F)F)cs3)nc3c(C)c(OC)ccc23)C[C@H]1C(=O)O. The molecule has 226 valence electrons. The lowest BCUT2D eigenvalue weighted by atomic mass is 9.99. The molecule has 0 aliphatic carbocycles. The van der Waals surface area contributed by atoms with E-state index in [1.54, 1.807) is 26.1 Å². The van der Waals surface area contributed by atoms with Gasteiger partial charge in [0, 0.05) is 43.9 Å². The third kappa shape index (κ3) is 6.75. The molecule has 1 saturated heterocycles. The van der Waals surface area contributed by atoms with Crippen LogP contribution in [0, 0.1) is 6.92 Å². The number of piperidine rings is 1. The fourth-order valence-corrected chi connectivity index (χ4v) is 5.57. The van der Waals surface area contributed by atoms with Crippen LogP contribution in [0.2, 0.25) is 0 Å². The maximum atomic E-state index is 13.2. The minimum atomic E-state index is -4.62. The summed E-state index contributed by atoms with van der Waals surface area (Å²) in [6, 6.07) is 1.87. The molecule has 0 unspecified atom stereocenters. The fourth-order valence-electron chi connectivity index (χ4n) is 4.81. The molecule has 1 N–H and O–H groups in total. The Balaban J connectivity index is 1.61. The van der Waals surface area contributed by atoms with Gasteiger partial charge in [-0.15, -0.1) is 17.9 Å². The first-order chi connectivity index (χ1) is 19.9. The number of aryl methyl sites for hydroxylation is 1. The van der Waals surface area contributed by atoms with Crippen LogP contribution >= 0.6 is 11.3 Å². The summed E-state index contributed by atoms with van der Waals surface area (Å²) in [5.41, 5.74) is -0.0299. The van der Waals surface area contributed by atoms with Gasteiger partial charge in [-0.2, -0.15) is 18.2 Å². The smallest absolute Gasteiger partial charge is 0.434 e. The van der Waals surface area contributed by atoms with E-state index in [0.717, 1.165) is 36.0 Å². The lowest BCUT2D eigenvalue weighted by Crippen LogP contribution is -2.55. The van der Waals surface area contributed by atoms with Crippen molar-refractivity contribution in [2.24, 2.45) is 0 Å². The first kappa shape index (κ1) is 31.0. The van der Waals surface area contributed by atoms with E-state index in [0.29, 0.717) is 35.2 Å². The second-order valence-corrected chi connectivity index (χ2v) is 10.8. The number of rotatable bonds is 10. The van der Waals surface area contributed by atoms with E-state index in [1.807, 2.05) is 6.08 Å². The van der Waals surface area contributed by atoms with E-state index < -0.39 is 30.0 Å². The largest absolute Gasteiger partial charge is 0.496 e. The summed E-state index contributed by atoms with van der Waals surface area (Å²) < 4.78 is 51.3. The number of halogens is 3. The van der Waals surface area contributed by atoms with Gasteiger partial charge in [-0.25, -0.2) is 19.6 Å². The number of methoxy groups -OCH3 is 1. The number of hydrogen-bond acceptors (Lipinski definition) is 8. The lowest BCUT2D eigenvalue weighted by molar-refractivity contribution is -0.145. The number of hydrogen-bond donors (Lipinski definition) is 1. The van der Waals surface area contributed by atoms with E-state index in [2.05, 4.69) is 21.5 Å². The number of allylic oxidation sites excluding steroid dienone is 1. The van der Waals surface area contributed by atoms with Gasteiger partial charge in [0.1, 0.15) is 17.9 Å². The highest BCUT2D eigenvalue weighted by atomic mass is 32.1. The van der Waals surface area contributed by atoms with Gasteiger partial charge in [0.15, 0.2) is 16.5 Å². The number of aliphatic carboxylic acids is 1. The predicted octanol–water partition coefficient (Wildman–Crippen LogP) is 5.79. The van der Waals surface area contributed by atoms with Crippen LogP contribution in [-0.4, -0.2) is 81.3 Å². The van der Waals surface area contributed by atoms with E-state index in [-0.39, 0.29) is 35.7 Å². The zero-order chi connectivity index (χ0) is 30.6. The highest BCUT2D eigenvalue weighted by Gasteiger charge is 2.39. The fraction of sp³-hybridized carbons (Fsp3) is 0.464. The molecule has 4 rings (SSSR count). The first-order valence-electron chi connectivity index (χ1n) is 13.3. The normalized spacial score (nSPS) is 17.2. The van der Waals surface area contributed by atoms with Crippen molar-refractivity contribution in [1.82, 2.24) is 24.8 Å². The van der Waals surface area contributed by atoms with Crippen LogP contribution in [0.4, 0.5) is 18.0 Å². The van der Waals surface area contributed by atoms with Crippen molar-refractivity contribution in [1.29, 1.82) is 0 Å². The molecule has 1 aliphatic heterocycles. The van der Waals surface area contributed by atoms with Crippen molar-refractivity contribution < 1.29 is 37.3 Å². The van der Waals surface area contributed by atoms with E-state index in [1.165, 1.54) is 16.9 Å². The summed E-state index contributed by atoms with van der Waals surface area (Å²) >= 11 is 0.753. The summed E-state index contributed by atoms with van der Waals surface area (Å²) in [7, 11) is 3.13. The Bertz CT molecular complexity index is 1460. The number of ether oxygens (including phenoxy) is 2. The number of thiazole rings is 1. The Morgan fingerprint density at radius 2 is 2.02 bits per heavy atom. The number of carbonyl (C=O) groups is 2. The Hall–Kier alpha value is -3.94. The average molecular weight is 608 g/mol. The molecule has 2 atom stereocenters. The monoisotopic (exact) mass is 607 g/mol. The van der Waals surface area contributed by atoms with Gasteiger partial charge in [-0.05, 0) is 38.3 Å². The number of nitrogens with zero attached hydrogens (tertiary/aromatic N) is 5. The third-order valence-corrected chi connectivity index (χ3v) is 7.92. The highest BCUT2D eigenvalue weighted by Crippen LogP contribution is 2.37. The molecule has 1 fully saturated rings. The molecule has 3 aromatic rings. The minimum absolute atomic E-state index is 0.00316. The average Bonchev–Trinajstić information content (AvgIpc) is 3.47. The number of carboxylic acid groups (broad SMARTS) is 1. The number of alkyl halides is 3. The molecule has 3 heterocycles. The number of benzene rings is 1. The van der Waals surface area contributed by atoms with Crippen molar-refractivity contribution in [2.75, 3.05) is 27.2 Å². The van der Waals surface area contributed by atoms with Crippen molar-refractivity contribution in [3.05, 3.63) is 41.4 Å². The Labute approximate surface area is 244 Å². The molecule has 1 aromatic carbocycles. The number of urea groups is 1. The summed E-state index contributed by atoms with van der Waals surface area (Å²) in [4.78, 5) is 40.8. The summed E-state index contributed by atoms with van der Waals surface area (Å²) in [6.45, 7) is 6.07. The van der Waals surface area contributed by atoms with Crippen LogP contribution in [-0.2, 0) is 11.0 Å². The second kappa shape index (κ2) is 12.9. The van der Waals surface area contributed by atoms with Gasteiger partial charge < -0.3 is 24.4 Å². The van der Waals surface area contributed by atoms with Gasteiger partial charge in [-0.3, -0.25) is 0 Å². The Kier molecular flexibility index (Phi) is 9.54. The van der Waals surface area contributed by atoms with Gasteiger partial charge in [0.05, 0.1) is 18.0 Å². The van der Waals surface area contributed by atoms with Crippen LogP contribution in [0.1, 0.15) is 43.4 Å². The lowest BCUT2D eigenvalue weighted by Gasteiger charge is -2.38. The zero-order valence-corrected chi connectivity index (χ0v) is 24.3. The molecular formula is C28H32F3N5O5S. The van der Waals surface area contributed by atoms with Crippen LogP contribution in [0.25, 0.3) is 21.7 Å². The number of carboxylic acids is 1. The van der Waals surface area contributed by atoms with Gasteiger partial charge in [0.25, 0.3) is 0 Å². The second-order valence-electron chi connectivity index (χ2n) is 9.98. The molecule has 0 radical (unpaired) electrons.